The van der Waals surface area contributed by atoms with Gasteiger partial charge in [0.15, 0.2) is 5.84 Å². The first-order valence-electron chi connectivity index (χ1n) is 8.04. The number of aryl methyl sites for hydroxylation is 1. The van der Waals surface area contributed by atoms with Crippen LogP contribution in [0.1, 0.15) is 5.56 Å². The molecule has 6 nitrogen and oxygen atoms in total. The fraction of sp³-hybridized carbons (Fsp3) is 0.158. The molecule has 4 rings (SSSR count). The van der Waals surface area contributed by atoms with Crippen LogP contribution in [-0.2, 0) is 0 Å². The average Bonchev–Trinajstić information content (AvgIpc) is 3.14. The van der Waals surface area contributed by atoms with Crippen LogP contribution < -0.4 is 20.3 Å². The van der Waals surface area contributed by atoms with E-state index in [0.717, 1.165) is 28.5 Å². The van der Waals surface area contributed by atoms with Crippen molar-refractivity contribution in [2.24, 2.45) is 15.9 Å². The summed E-state index contributed by atoms with van der Waals surface area (Å²) >= 11 is 0. The number of nitrogens with two attached hydrogens (primary N) is 1. The van der Waals surface area contributed by atoms with Crippen molar-refractivity contribution in [2.75, 3.05) is 23.6 Å². The second-order valence-corrected chi connectivity index (χ2v) is 6.00. The van der Waals surface area contributed by atoms with E-state index in [1.165, 1.54) is 5.56 Å². The molecule has 0 saturated carbocycles. The summed E-state index contributed by atoms with van der Waals surface area (Å²) in [7, 11) is 1.66. The number of benzene rings is 2. The summed E-state index contributed by atoms with van der Waals surface area (Å²) < 4.78 is 5.25. The van der Waals surface area contributed by atoms with Gasteiger partial charge in [-0.25, -0.2) is 0 Å². The smallest absolute Gasteiger partial charge is 0.169 e. The summed E-state index contributed by atoms with van der Waals surface area (Å²) in [5, 5.41) is 8.33. The van der Waals surface area contributed by atoms with Gasteiger partial charge >= 0.3 is 0 Å². The lowest BCUT2D eigenvalue weighted by Gasteiger charge is -2.38. The average molecular weight is 333 g/mol. The second kappa shape index (κ2) is 5.98. The standard InChI is InChI=1S/C19H19N5O/c1-13-3-5-14(6-4-13)23-12-24(15-7-9-16(25-2)10-8-15)19-17(18(23)20)11-21-22-19/h3-11H,12,20H2,1-2H3. The van der Waals surface area contributed by atoms with E-state index >= 15 is 0 Å². The summed E-state index contributed by atoms with van der Waals surface area (Å²) in [6.07, 6.45) is 1.71. The van der Waals surface area contributed by atoms with Crippen LogP contribution in [0.4, 0.5) is 11.4 Å². The number of methoxy groups -OCH3 is 1. The van der Waals surface area contributed by atoms with Gasteiger partial charge in [-0.05, 0) is 43.3 Å². The quantitative estimate of drug-likeness (QED) is 0.938. The van der Waals surface area contributed by atoms with Crippen molar-refractivity contribution in [2.45, 2.75) is 6.92 Å². The lowest BCUT2D eigenvalue weighted by Crippen LogP contribution is -2.49. The monoisotopic (exact) mass is 333 g/mol. The van der Waals surface area contributed by atoms with Crippen LogP contribution in [0.5, 0.6) is 5.75 Å². The molecule has 0 fully saturated rings. The SMILES string of the molecule is COc1ccc(N2CN(c3ccc(C)cc3)C(N)=C3C=NN=C32)cc1. The Kier molecular flexibility index (Phi) is 3.65. The van der Waals surface area contributed by atoms with Gasteiger partial charge in [-0.2, -0.15) is 5.10 Å². The number of nitrogens with zero attached hydrogens (tertiary/aromatic N) is 4. The number of anilines is 2. The van der Waals surface area contributed by atoms with Crippen LogP contribution in [0.25, 0.3) is 0 Å². The third-order valence-electron chi connectivity index (χ3n) is 4.42. The Balaban J connectivity index is 1.75. The number of rotatable bonds is 3. The van der Waals surface area contributed by atoms with Gasteiger partial charge in [0.05, 0.1) is 18.9 Å². The summed E-state index contributed by atoms with van der Waals surface area (Å²) in [4.78, 5) is 4.16. The molecule has 2 aromatic rings. The van der Waals surface area contributed by atoms with Gasteiger partial charge in [0, 0.05) is 11.4 Å². The maximum absolute atomic E-state index is 6.41. The van der Waals surface area contributed by atoms with Gasteiger partial charge in [-0.15, -0.1) is 5.10 Å². The molecular weight excluding hydrogens is 314 g/mol. The van der Waals surface area contributed by atoms with E-state index in [1.54, 1.807) is 13.3 Å². The Bertz CT molecular complexity index is 881. The molecule has 0 spiro atoms. The number of amidine groups is 1. The number of hydrogen-bond acceptors (Lipinski definition) is 6. The van der Waals surface area contributed by atoms with Crippen LogP contribution in [0.15, 0.2) is 70.1 Å². The van der Waals surface area contributed by atoms with Gasteiger partial charge in [-0.1, -0.05) is 17.7 Å². The van der Waals surface area contributed by atoms with E-state index in [1.807, 2.05) is 24.3 Å². The fourth-order valence-electron chi connectivity index (χ4n) is 2.97. The number of fused-ring (bicyclic) bond motifs is 1. The normalized spacial score (nSPS) is 16.2. The summed E-state index contributed by atoms with van der Waals surface area (Å²) in [6, 6.07) is 16.2. The number of ether oxygens (including phenoxy) is 1. The third-order valence-corrected chi connectivity index (χ3v) is 4.42. The van der Waals surface area contributed by atoms with Gasteiger partial charge in [0.25, 0.3) is 0 Å². The summed E-state index contributed by atoms with van der Waals surface area (Å²) in [6.45, 7) is 2.63. The van der Waals surface area contributed by atoms with Crippen molar-refractivity contribution in [3.05, 3.63) is 65.5 Å². The maximum Gasteiger partial charge on any atom is 0.169 e. The minimum absolute atomic E-state index is 0.562. The molecule has 0 unspecified atom stereocenters. The molecule has 2 N–H and O–H groups in total. The highest BCUT2D eigenvalue weighted by Crippen LogP contribution is 2.30. The predicted molar refractivity (Wildman–Crippen MR) is 101 cm³/mol. The molecule has 0 amide bonds. The zero-order valence-corrected chi connectivity index (χ0v) is 14.2. The van der Waals surface area contributed by atoms with Crippen molar-refractivity contribution in [3.63, 3.8) is 0 Å². The van der Waals surface area contributed by atoms with E-state index in [0.29, 0.717) is 12.5 Å². The Hall–Kier alpha value is -3.28. The molecule has 2 aromatic carbocycles. The Labute approximate surface area is 146 Å². The molecule has 0 aromatic heterocycles. The Morgan fingerprint density at radius 3 is 2.28 bits per heavy atom. The number of hydrogen-bond donors (Lipinski definition) is 1. The van der Waals surface area contributed by atoms with Crippen molar-refractivity contribution < 1.29 is 4.74 Å². The van der Waals surface area contributed by atoms with Gasteiger partial charge in [0.1, 0.15) is 18.2 Å². The highest BCUT2D eigenvalue weighted by atomic mass is 16.5. The molecule has 0 atom stereocenters. The van der Waals surface area contributed by atoms with E-state index in [-0.39, 0.29) is 0 Å². The first-order valence-corrected chi connectivity index (χ1v) is 8.04. The molecule has 2 aliphatic heterocycles. The topological polar surface area (TPSA) is 66.5 Å². The Morgan fingerprint density at radius 2 is 1.60 bits per heavy atom. The molecule has 126 valence electrons. The molecule has 6 heteroatoms. The first-order chi connectivity index (χ1) is 12.2. The molecule has 0 saturated heterocycles. The van der Waals surface area contributed by atoms with Crippen molar-refractivity contribution in [1.29, 1.82) is 0 Å². The molecule has 0 radical (unpaired) electrons. The fourth-order valence-corrected chi connectivity index (χ4v) is 2.97. The second-order valence-electron chi connectivity index (χ2n) is 6.00. The molecule has 0 bridgehead atoms. The van der Waals surface area contributed by atoms with E-state index in [9.17, 15) is 0 Å². The van der Waals surface area contributed by atoms with Crippen molar-refractivity contribution >= 4 is 23.4 Å². The van der Waals surface area contributed by atoms with Crippen LogP contribution in [0, 0.1) is 6.92 Å². The molecule has 2 aliphatic rings. The summed E-state index contributed by atoms with van der Waals surface area (Å²) in [5.41, 5.74) is 10.5. The van der Waals surface area contributed by atoms with Crippen LogP contribution in [0.3, 0.4) is 0 Å². The lowest BCUT2D eigenvalue weighted by atomic mass is 10.1. The van der Waals surface area contributed by atoms with Crippen LogP contribution in [0.2, 0.25) is 0 Å². The molecular formula is C19H19N5O. The van der Waals surface area contributed by atoms with Gasteiger partial charge < -0.3 is 20.3 Å². The third kappa shape index (κ3) is 2.61. The molecule has 0 aliphatic carbocycles. The highest BCUT2D eigenvalue weighted by Gasteiger charge is 2.32. The van der Waals surface area contributed by atoms with Crippen molar-refractivity contribution in [3.8, 4) is 5.75 Å². The zero-order chi connectivity index (χ0) is 17.4. The Morgan fingerprint density at radius 1 is 0.960 bits per heavy atom. The predicted octanol–water partition coefficient (Wildman–Crippen LogP) is 2.86. The van der Waals surface area contributed by atoms with Crippen LogP contribution in [-0.4, -0.2) is 25.8 Å². The first kappa shape index (κ1) is 15.3. The van der Waals surface area contributed by atoms with Gasteiger partial charge in [-0.3, -0.25) is 0 Å². The highest BCUT2D eigenvalue weighted by molar-refractivity contribution is 6.25. The summed E-state index contributed by atoms with van der Waals surface area (Å²) in [5.74, 6) is 2.25. The minimum Gasteiger partial charge on any atom is -0.497 e. The van der Waals surface area contributed by atoms with E-state index < -0.39 is 0 Å². The van der Waals surface area contributed by atoms with E-state index in [2.05, 4.69) is 51.2 Å². The van der Waals surface area contributed by atoms with Crippen LogP contribution >= 0.6 is 0 Å². The maximum atomic E-state index is 6.41. The zero-order valence-electron chi connectivity index (χ0n) is 14.2. The largest absolute Gasteiger partial charge is 0.497 e. The van der Waals surface area contributed by atoms with Gasteiger partial charge in [0.2, 0.25) is 0 Å². The lowest BCUT2D eigenvalue weighted by molar-refractivity contribution is 0.415. The molecule has 2 heterocycles. The van der Waals surface area contributed by atoms with Crippen molar-refractivity contribution in [1.82, 2.24) is 0 Å². The minimum atomic E-state index is 0.562. The molecule has 25 heavy (non-hydrogen) atoms. The van der Waals surface area contributed by atoms with E-state index in [4.69, 9.17) is 10.5 Å².